The van der Waals surface area contributed by atoms with Crippen molar-refractivity contribution in [1.82, 2.24) is 20.2 Å². The highest BCUT2D eigenvalue weighted by atomic mass is 32.2. The minimum atomic E-state index is -0.270. The van der Waals surface area contributed by atoms with E-state index < -0.39 is 0 Å². The number of nitrogens with one attached hydrogen (secondary N) is 2. The van der Waals surface area contributed by atoms with Crippen molar-refractivity contribution in [2.75, 3.05) is 5.43 Å². The van der Waals surface area contributed by atoms with Gasteiger partial charge in [0.1, 0.15) is 5.82 Å². The molecule has 1 aromatic heterocycles. The summed E-state index contributed by atoms with van der Waals surface area (Å²) in [5, 5.41) is 13.8. The van der Waals surface area contributed by atoms with Gasteiger partial charge in [0.15, 0.2) is 5.11 Å². The van der Waals surface area contributed by atoms with E-state index in [1.54, 1.807) is 10.7 Å². The lowest BCUT2D eigenvalue weighted by molar-refractivity contribution is 0.0979. The molecule has 0 bridgehead atoms. The molecule has 0 saturated heterocycles. The van der Waals surface area contributed by atoms with Gasteiger partial charge in [-0.25, -0.2) is 4.68 Å². The monoisotopic (exact) mass is 433 g/mol. The van der Waals surface area contributed by atoms with Crippen molar-refractivity contribution in [3.63, 3.8) is 0 Å². The number of thiocarbonyl (C=S) groups is 1. The third kappa shape index (κ3) is 4.50. The summed E-state index contributed by atoms with van der Waals surface area (Å²) < 4.78 is 1.68. The molecule has 6 nitrogen and oxygen atoms in total. The first-order chi connectivity index (χ1) is 14.6. The number of aryl methyl sites for hydroxylation is 1. The molecule has 8 heteroatoms. The second-order valence-corrected chi connectivity index (χ2v) is 7.91. The average molecular weight is 434 g/mol. The fourth-order valence-corrected chi connectivity index (χ4v) is 4.09. The summed E-state index contributed by atoms with van der Waals surface area (Å²) in [5.74, 6) is 1.12. The summed E-state index contributed by atoms with van der Waals surface area (Å²) in [5.41, 5.74) is 4.76. The molecular weight excluding hydrogens is 414 g/mol. The minimum Gasteiger partial charge on any atom is -0.298 e. The molecule has 0 atom stereocenters. The van der Waals surface area contributed by atoms with Crippen LogP contribution in [-0.2, 0) is 5.75 Å². The molecule has 0 fully saturated rings. The van der Waals surface area contributed by atoms with Gasteiger partial charge in [-0.3, -0.25) is 15.5 Å². The number of nitrogens with zero attached hydrogens (tertiary/aromatic N) is 3. The van der Waals surface area contributed by atoms with Crippen LogP contribution in [0.5, 0.6) is 0 Å². The third-order valence-electron chi connectivity index (χ3n) is 4.48. The Morgan fingerprint density at radius 3 is 2.57 bits per heavy atom. The van der Waals surface area contributed by atoms with Crippen LogP contribution in [0.15, 0.2) is 78.0 Å². The number of rotatable bonds is 5. The second-order valence-electron chi connectivity index (χ2n) is 6.56. The normalized spacial score (nSPS) is 10.7. The van der Waals surface area contributed by atoms with Crippen LogP contribution in [0.1, 0.15) is 21.7 Å². The number of thioether (sulfide) groups is 1. The van der Waals surface area contributed by atoms with Crippen LogP contribution in [0.4, 0.5) is 0 Å². The number of hydrogen-bond donors (Lipinski definition) is 2. The van der Waals surface area contributed by atoms with E-state index in [0.29, 0.717) is 16.5 Å². The number of amides is 1. The van der Waals surface area contributed by atoms with Crippen molar-refractivity contribution in [3.05, 3.63) is 89.7 Å². The van der Waals surface area contributed by atoms with Gasteiger partial charge in [-0.1, -0.05) is 78.5 Å². The molecule has 1 heterocycles. The minimum absolute atomic E-state index is 0.178. The summed E-state index contributed by atoms with van der Waals surface area (Å²) in [6.45, 7) is 1.82. The quantitative estimate of drug-likeness (QED) is 0.361. The first kappa shape index (κ1) is 20.1. The van der Waals surface area contributed by atoms with E-state index in [4.69, 9.17) is 12.2 Å². The molecule has 0 aliphatic heterocycles. The average Bonchev–Trinajstić information content (AvgIpc) is 3.11. The van der Waals surface area contributed by atoms with E-state index >= 15 is 0 Å². The van der Waals surface area contributed by atoms with E-state index in [-0.39, 0.29) is 11.0 Å². The summed E-state index contributed by atoms with van der Waals surface area (Å²) in [7, 11) is 0. The zero-order chi connectivity index (χ0) is 20.9. The van der Waals surface area contributed by atoms with Crippen molar-refractivity contribution in [3.8, 4) is 0 Å². The van der Waals surface area contributed by atoms with Gasteiger partial charge in [0.2, 0.25) is 5.16 Å². The van der Waals surface area contributed by atoms with Gasteiger partial charge in [0, 0.05) is 11.3 Å². The largest absolute Gasteiger partial charge is 0.298 e. The first-order valence-corrected chi connectivity index (χ1v) is 10.7. The van der Waals surface area contributed by atoms with Gasteiger partial charge >= 0.3 is 0 Å². The van der Waals surface area contributed by atoms with Gasteiger partial charge < -0.3 is 0 Å². The Kier molecular flexibility index (Phi) is 6.06. The van der Waals surface area contributed by atoms with Crippen LogP contribution in [0, 0.1) is 6.92 Å². The molecule has 1 amide bonds. The standard InChI is InChI=1S/C22H19N5OS2/c1-15-24-25-22(30-14-16-8-3-2-4-9-16)27(15)26-21(29)23-20(28)19-13-7-11-17-10-5-6-12-18(17)19/h2-13H,14H2,1H3,(H2,23,26,28,29). The highest BCUT2D eigenvalue weighted by Gasteiger charge is 2.14. The lowest BCUT2D eigenvalue weighted by Gasteiger charge is -2.13. The molecule has 0 spiro atoms. The molecule has 0 radical (unpaired) electrons. The Morgan fingerprint density at radius 2 is 1.73 bits per heavy atom. The molecule has 3 aromatic carbocycles. The zero-order valence-corrected chi connectivity index (χ0v) is 17.8. The van der Waals surface area contributed by atoms with E-state index in [2.05, 4.69) is 33.1 Å². The van der Waals surface area contributed by atoms with Crippen LogP contribution in [0.2, 0.25) is 0 Å². The molecule has 0 unspecified atom stereocenters. The van der Waals surface area contributed by atoms with Crippen LogP contribution < -0.4 is 10.7 Å². The molecule has 4 aromatic rings. The fourth-order valence-electron chi connectivity index (χ4n) is 3.01. The lowest BCUT2D eigenvalue weighted by atomic mass is 10.0. The van der Waals surface area contributed by atoms with Gasteiger partial charge in [-0.2, -0.15) is 0 Å². The second kappa shape index (κ2) is 9.06. The molecular formula is C22H19N5OS2. The SMILES string of the molecule is Cc1nnc(SCc2ccccc2)n1NC(=S)NC(=O)c1cccc2ccccc12. The number of fused-ring (bicyclic) bond motifs is 1. The number of aromatic nitrogens is 3. The Morgan fingerprint density at radius 1 is 1.00 bits per heavy atom. The van der Waals surface area contributed by atoms with Crippen molar-refractivity contribution in [2.24, 2.45) is 0 Å². The maximum Gasteiger partial charge on any atom is 0.258 e. The Labute approximate surface area is 183 Å². The van der Waals surface area contributed by atoms with Crippen molar-refractivity contribution in [2.45, 2.75) is 17.8 Å². The Bertz CT molecular complexity index is 1200. The molecule has 0 aliphatic rings. The predicted octanol–water partition coefficient (Wildman–Crippen LogP) is 4.29. The van der Waals surface area contributed by atoms with Crippen LogP contribution in [0.3, 0.4) is 0 Å². The first-order valence-electron chi connectivity index (χ1n) is 9.30. The molecule has 0 aliphatic carbocycles. The van der Waals surface area contributed by atoms with Gasteiger partial charge in [-0.15, -0.1) is 10.2 Å². The highest BCUT2D eigenvalue weighted by Crippen LogP contribution is 2.21. The van der Waals surface area contributed by atoms with E-state index in [1.807, 2.05) is 61.5 Å². The van der Waals surface area contributed by atoms with Gasteiger partial charge in [0.05, 0.1) is 0 Å². The predicted molar refractivity (Wildman–Crippen MR) is 124 cm³/mol. The maximum absolute atomic E-state index is 12.8. The Hall–Kier alpha value is -3.23. The summed E-state index contributed by atoms with van der Waals surface area (Å²) in [4.78, 5) is 12.8. The summed E-state index contributed by atoms with van der Waals surface area (Å²) in [6.07, 6.45) is 0. The topological polar surface area (TPSA) is 71.8 Å². The smallest absolute Gasteiger partial charge is 0.258 e. The molecule has 30 heavy (non-hydrogen) atoms. The highest BCUT2D eigenvalue weighted by molar-refractivity contribution is 7.98. The van der Waals surface area contributed by atoms with Gasteiger partial charge in [0.25, 0.3) is 5.91 Å². The third-order valence-corrected chi connectivity index (χ3v) is 5.67. The summed E-state index contributed by atoms with van der Waals surface area (Å²) >= 11 is 6.90. The van der Waals surface area contributed by atoms with Crippen LogP contribution >= 0.6 is 24.0 Å². The van der Waals surface area contributed by atoms with Crippen molar-refractivity contribution in [1.29, 1.82) is 0 Å². The van der Waals surface area contributed by atoms with Crippen LogP contribution in [0.25, 0.3) is 10.8 Å². The van der Waals surface area contributed by atoms with Crippen molar-refractivity contribution < 1.29 is 4.79 Å². The molecule has 2 N–H and O–H groups in total. The number of hydrogen-bond acceptors (Lipinski definition) is 5. The Balaban J connectivity index is 1.45. The number of carbonyl (C=O) groups excluding carboxylic acids is 1. The summed E-state index contributed by atoms with van der Waals surface area (Å²) in [6, 6.07) is 23.5. The van der Waals surface area contributed by atoms with E-state index in [0.717, 1.165) is 16.5 Å². The molecule has 150 valence electrons. The number of carbonyl (C=O) groups is 1. The van der Waals surface area contributed by atoms with Crippen LogP contribution in [-0.4, -0.2) is 25.9 Å². The lowest BCUT2D eigenvalue weighted by Crippen LogP contribution is -2.38. The van der Waals surface area contributed by atoms with Gasteiger partial charge in [-0.05, 0) is 41.5 Å². The van der Waals surface area contributed by atoms with E-state index in [9.17, 15) is 4.79 Å². The fraction of sp³-hybridized carbons (Fsp3) is 0.0909. The van der Waals surface area contributed by atoms with E-state index in [1.165, 1.54) is 17.3 Å². The molecule has 0 saturated carbocycles. The molecule has 4 rings (SSSR count). The zero-order valence-electron chi connectivity index (χ0n) is 16.2. The van der Waals surface area contributed by atoms with Crippen molar-refractivity contribution >= 4 is 45.8 Å². The number of benzene rings is 3. The maximum atomic E-state index is 12.8.